The molecule has 0 heterocycles. The summed E-state index contributed by atoms with van der Waals surface area (Å²) < 4.78 is 0. The molecule has 2 nitrogen and oxygen atoms in total. The van der Waals surface area contributed by atoms with Gasteiger partial charge in [0.2, 0.25) is 0 Å². The molecule has 0 aliphatic rings. The molecule has 2 atom stereocenters. The van der Waals surface area contributed by atoms with Crippen LogP contribution >= 0.6 is 0 Å². The van der Waals surface area contributed by atoms with E-state index in [1.807, 2.05) is 6.92 Å². The van der Waals surface area contributed by atoms with Crippen molar-refractivity contribution in [3.05, 3.63) is 0 Å². The van der Waals surface area contributed by atoms with E-state index >= 15 is 0 Å². The quantitative estimate of drug-likeness (QED) is 0.667. The highest BCUT2D eigenvalue weighted by Gasteiger charge is 2.27. The van der Waals surface area contributed by atoms with Gasteiger partial charge in [0.15, 0.2) is 0 Å². The molecular formula is C11H25NO. The minimum Gasteiger partial charge on any atom is -0.393 e. The average molecular weight is 187 g/mol. The number of aliphatic hydroxyl groups excluding tert-OH is 1. The summed E-state index contributed by atoms with van der Waals surface area (Å²) >= 11 is 0. The van der Waals surface area contributed by atoms with Crippen LogP contribution in [-0.2, 0) is 0 Å². The molecule has 0 rings (SSSR count). The first kappa shape index (κ1) is 12.9. The molecule has 0 aliphatic carbocycles. The van der Waals surface area contributed by atoms with Crippen LogP contribution in [0.25, 0.3) is 0 Å². The molecule has 13 heavy (non-hydrogen) atoms. The van der Waals surface area contributed by atoms with Crippen LogP contribution in [0.1, 0.15) is 41.0 Å². The van der Waals surface area contributed by atoms with Crippen LogP contribution < -0.4 is 5.32 Å². The smallest absolute Gasteiger partial charge is 0.0577 e. The van der Waals surface area contributed by atoms with Gasteiger partial charge in [0.25, 0.3) is 0 Å². The van der Waals surface area contributed by atoms with E-state index in [1.54, 1.807) is 0 Å². The molecular weight excluding hydrogens is 162 g/mol. The van der Waals surface area contributed by atoms with E-state index < -0.39 is 0 Å². The summed E-state index contributed by atoms with van der Waals surface area (Å²) in [5.41, 5.74) is 0.0227. The van der Waals surface area contributed by atoms with Gasteiger partial charge in [-0.05, 0) is 25.8 Å². The molecule has 0 aliphatic heterocycles. The number of rotatable bonds is 6. The fourth-order valence-electron chi connectivity index (χ4n) is 1.21. The Bertz CT molecular complexity index is 134. The van der Waals surface area contributed by atoms with Gasteiger partial charge in [0, 0.05) is 12.0 Å². The molecule has 0 aromatic heterocycles. The van der Waals surface area contributed by atoms with Crippen molar-refractivity contribution in [1.82, 2.24) is 5.32 Å². The zero-order valence-electron chi connectivity index (χ0n) is 9.72. The molecule has 0 radical (unpaired) electrons. The second-order valence-corrected chi connectivity index (χ2v) is 4.71. The van der Waals surface area contributed by atoms with Gasteiger partial charge in [-0.2, -0.15) is 0 Å². The molecule has 0 aromatic carbocycles. The zero-order valence-corrected chi connectivity index (χ0v) is 9.72. The Labute approximate surface area is 82.7 Å². The maximum Gasteiger partial charge on any atom is 0.0577 e. The van der Waals surface area contributed by atoms with Crippen molar-refractivity contribution < 1.29 is 5.11 Å². The van der Waals surface area contributed by atoms with Gasteiger partial charge < -0.3 is 10.4 Å². The Balaban J connectivity index is 3.84. The van der Waals surface area contributed by atoms with Crippen LogP contribution in [0.3, 0.4) is 0 Å². The Morgan fingerprint density at radius 3 is 2.15 bits per heavy atom. The summed E-state index contributed by atoms with van der Waals surface area (Å²) in [5.74, 6) is 0.676. The van der Waals surface area contributed by atoms with E-state index in [-0.39, 0.29) is 11.5 Å². The zero-order chi connectivity index (χ0) is 10.5. The topological polar surface area (TPSA) is 32.3 Å². The Hall–Kier alpha value is -0.0800. The van der Waals surface area contributed by atoms with E-state index in [2.05, 4.69) is 33.0 Å². The lowest BCUT2D eigenvalue weighted by molar-refractivity contribution is 0.0487. The second kappa shape index (κ2) is 5.61. The Morgan fingerprint density at radius 1 is 1.31 bits per heavy atom. The van der Waals surface area contributed by atoms with E-state index in [1.165, 1.54) is 0 Å². The number of hydrogen-bond donors (Lipinski definition) is 2. The molecule has 0 amide bonds. The molecule has 2 heteroatoms. The van der Waals surface area contributed by atoms with Crippen LogP contribution in [-0.4, -0.2) is 24.3 Å². The maximum atomic E-state index is 9.60. The first-order valence-electron chi connectivity index (χ1n) is 5.31. The van der Waals surface area contributed by atoms with Crippen LogP contribution in [0.15, 0.2) is 0 Å². The second-order valence-electron chi connectivity index (χ2n) is 4.71. The Morgan fingerprint density at radius 2 is 1.85 bits per heavy atom. The van der Waals surface area contributed by atoms with Gasteiger partial charge in [-0.15, -0.1) is 0 Å². The third-order valence-electron chi connectivity index (χ3n) is 2.90. The molecule has 0 bridgehead atoms. The number of nitrogens with one attached hydrogen (secondary N) is 1. The summed E-state index contributed by atoms with van der Waals surface area (Å²) in [4.78, 5) is 0. The van der Waals surface area contributed by atoms with Crippen LogP contribution in [0.4, 0.5) is 0 Å². The largest absolute Gasteiger partial charge is 0.393 e. The van der Waals surface area contributed by atoms with Gasteiger partial charge in [0.05, 0.1) is 6.10 Å². The minimum atomic E-state index is -0.239. The summed E-state index contributed by atoms with van der Waals surface area (Å²) in [6.45, 7) is 12.5. The lowest BCUT2D eigenvalue weighted by Gasteiger charge is -2.32. The van der Waals surface area contributed by atoms with Crippen molar-refractivity contribution in [2.24, 2.45) is 11.3 Å². The number of aliphatic hydroxyl groups is 1. The molecule has 0 saturated heterocycles. The predicted octanol–water partition coefficient (Wildman–Crippen LogP) is 2.03. The fraction of sp³-hybridized carbons (Fsp3) is 1.00. The predicted molar refractivity (Wildman–Crippen MR) is 57.8 cm³/mol. The highest BCUT2D eigenvalue weighted by atomic mass is 16.3. The van der Waals surface area contributed by atoms with E-state index in [0.717, 1.165) is 19.5 Å². The monoisotopic (exact) mass is 187 g/mol. The molecule has 80 valence electrons. The molecule has 0 spiro atoms. The molecule has 0 saturated carbocycles. The van der Waals surface area contributed by atoms with Crippen molar-refractivity contribution in [2.75, 3.05) is 13.1 Å². The van der Waals surface area contributed by atoms with Crippen LogP contribution in [0.2, 0.25) is 0 Å². The van der Waals surface area contributed by atoms with Crippen LogP contribution in [0, 0.1) is 11.3 Å². The molecule has 0 fully saturated rings. The van der Waals surface area contributed by atoms with E-state index in [0.29, 0.717) is 5.92 Å². The van der Waals surface area contributed by atoms with Gasteiger partial charge >= 0.3 is 0 Å². The maximum absolute atomic E-state index is 9.60. The van der Waals surface area contributed by atoms with E-state index in [9.17, 15) is 5.11 Å². The van der Waals surface area contributed by atoms with Gasteiger partial charge in [-0.3, -0.25) is 0 Å². The molecule has 0 aromatic rings. The summed E-state index contributed by atoms with van der Waals surface area (Å²) in [6, 6.07) is 0. The first-order chi connectivity index (χ1) is 5.92. The third kappa shape index (κ3) is 4.63. The van der Waals surface area contributed by atoms with Crippen LogP contribution in [0.5, 0.6) is 0 Å². The SMILES string of the molecule is CCC(C)(CNCC(C)C)C(C)O. The summed E-state index contributed by atoms with van der Waals surface area (Å²) in [6.07, 6.45) is 0.771. The Kier molecular flexibility index (Phi) is 5.57. The van der Waals surface area contributed by atoms with Crippen molar-refractivity contribution >= 4 is 0 Å². The summed E-state index contributed by atoms with van der Waals surface area (Å²) in [7, 11) is 0. The standard InChI is InChI=1S/C11H25NO/c1-6-11(5,10(4)13)8-12-7-9(2)3/h9-10,12-13H,6-8H2,1-5H3. The van der Waals surface area contributed by atoms with Gasteiger partial charge in [-0.1, -0.05) is 27.7 Å². The molecule has 2 unspecified atom stereocenters. The fourth-order valence-corrected chi connectivity index (χ4v) is 1.21. The van der Waals surface area contributed by atoms with Crippen molar-refractivity contribution in [1.29, 1.82) is 0 Å². The van der Waals surface area contributed by atoms with Crippen molar-refractivity contribution in [3.8, 4) is 0 Å². The average Bonchev–Trinajstić information content (AvgIpc) is 2.03. The number of hydrogen-bond acceptors (Lipinski definition) is 2. The lowest BCUT2D eigenvalue weighted by Crippen LogP contribution is -2.40. The minimum absolute atomic E-state index is 0.0227. The van der Waals surface area contributed by atoms with Gasteiger partial charge in [0.1, 0.15) is 0 Å². The highest BCUT2D eigenvalue weighted by Crippen LogP contribution is 2.24. The molecule has 2 N–H and O–H groups in total. The normalized spacial score (nSPS) is 18.7. The summed E-state index contributed by atoms with van der Waals surface area (Å²) in [5, 5.41) is 13.0. The highest BCUT2D eigenvalue weighted by molar-refractivity contribution is 4.80. The first-order valence-corrected chi connectivity index (χ1v) is 5.31. The van der Waals surface area contributed by atoms with Crippen molar-refractivity contribution in [3.63, 3.8) is 0 Å². The van der Waals surface area contributed by atoms with Crippen molar-refractivity contribution in [2.45, 2.75) is 47.1 Å². The van der Waals surface area contributed by atoms with Gasteiger partial charge in [-0.25, -0.2) is 0 Å². The third-order valence-corrected chi connectivity index (χ3v) is 2.90. The van der Waals surface area contributed by atoms with E-state index in [4.69, 9.17) is 0 Å². The lowest BCUT2D eigenvalue weighted by atomic mass is 9.82.